The monoisotopic (exact) mass is 309 g/mol. The van der Waals surface area contributed by atoms with Crippen LogP contribution < -0.4 is 5.32 Å². The van der Waals surface area contributed by atoms with E-state index in [9.17, 15) is 0 Å². The lowest BCUT2D eigenvalue weighted by molar-refractivity contribution is 0.586. The van der Waals surface area contributed by atoms with Crippen LogP contribution in [0.15, 0.2) is 47.5 Å². The quantitative estimate of drug-likeness (QED) is 0.644. The van der Waals surface area contributed by atoms with Crippen molar-refractivity contribution in [2.24, 2.45) is 4.99 Å². The van der Waals surface area contributed by atoms with Crippen molar-refractivity contribution in [3.8, 4) is 11.3 Å². The Morgan fingerprint density at radius 1 is 1.13 bits per heavy atom. The van der Waals surface area contributed by atoms with E-state index in [4.69, 9.17) is 4.98 Å². The summed E-state index contributed by atoms with van der Waals surface area (Å²) in [6.45, 7) is 7.30. The van der Waals surface area contributed by atoms with Crippen molar-refractivity contribution in [2.75, 3.05) is 13.6 Å². The summed E-state index contributed by atoms with van der Waals surface area (Å²) in [5.41, 5.74) is 4.34. The third-order valence-corrected chi connectivity index (χ3v) is 3.47. The Hall–Kier alpha value is -2.00. The lowest BCUT2D eigenvalue weighted by Gasteiger charge is -2.11. The molecule has 2 aromatic rings. The molecule has 3 heteroatoms. The molecule has 0 amide bonds. The molecular weight excluding hydrogens is 282 g/mol. The van der Waals surface area contributed by atoms with Gasteiger partial charge in [0.1, 0.15) is 0 Å². The zero-order chi connectivity index (χ0) is 16.7. The first-order chi connectivity index (χ1) is 11.0. The van der Waals surface area contributed by atoms with Gasteiger partial charge in [0.05, 0.1) is 16.9 Å². The number of aromatic nitrogens is 1. The van der Waals surface area contributed by atoms with Crippen molar-refractivity contribution in [3.05, 3.63) is 53.7 Å². The van der Waals surface area contributed by atoms with E-state index in [2.05, 4.69) is 61.4 Å². The molecule has 2 rings (SSSR count). The van der Waals surface area contributed by atoms with Crippen LogP contribution in [0, 0.1) is 0 Å². The van der Waals surface area contributed by atoms with Crippen molar-refractivity contribution in [1.29, 1.82) is 0 Å². The van der Waals surface area contributed by atoms with E-state index in [0.717, 1.165) is 36.3 Å². The predicted molar refractivity (Wildman–Crippen MR) is 99.3 cm³/mol. The minimum Gasteiger partial charge on any atom is -0.320 e. The third kappa shape index (κ3) is 5.95. The van der Waals surface area contributed by atoms with Crippen molar-refractivity contribution in [1.82, 2.24) is 10.3 Å². The van der Waals surface area contributed by atoms with Crippen LogP contribution in [0.25, 0.3) is 11.3 Å². The van der Waals surface area contributed by atoms with Gasteiger partial charge in [-0.25, -0.2) is 4.98 Å². The van der Waals surface area contributed by atoms with Gasteiger partial charge in [0.2, 0.25) is 0 Å². The van der Waals surface area contributed by atoms with E-state index in [1.54, 1.807) is 0 Å². The van der Waals surface area contributed by atoms with E-state index < -0.39 is 0 Å². The fourth-order valence-corrected chi connectivity index (χ4v) is 2.30. The Bertz CT molecular complexity index is 654. The average Bonchev–Trinajstić information content (AvgIpc) is 2.53. The number of pyridine rings is 1. The first kappa shape index (κ1) is 17.4. The summed E-state index contributed by atoms with van der Waals surface area (Å²) in [5, 5.41) is 3.19. The minimum absolute atomic E-state index is 0.0785. The number of nitrogens with one attached hydrogen (secondary N) is 1. The molecule has 0 atom stereocenters. The smallest absolute Gasteiger partial charge is 0.0815 e. The third-order valence-electron chi connectivity index (χ3n) is 3.47. The van der Waals surface area contributed by atoms with Gasteiger partial charge in [-0.2, -0.15) is 0 Å². The van der Waals surface area contributed by atoms with E-state index >= 15 is 0 Å². The number of rotatable bonds is 6. The number of hydrogen-bond acceptors (Lipinski definition) is 3. The molecule has 0 unspecified atom stereocenters. The molecule has 0 bridgehead atoms. The van der Waals surface area contributed by atoms with E-state index in [0.29, 0.717) is 0 Å². The van der Waals surface area contributed by atoms with Gasteiger partial charge < -0.3 is 5.32 Å². The standard InChI is InChI=1S/C20H27N3/c1-20(2,3)22-15-18-11-6-12-19(23-18)17-10-5-8-16(14-17)9-7-13-21-4/h5-6,8,10-12,14-15,21H,7,9,13H2,1-4H3. The van der Waals surface area contributed by atoms with E-state index in [1.165, 1.54) is 5.56 Å². The lowest BCUT2D eigenvalue weighted by atomic mass is 10.0. The summed E-state index contributed by atoms with van der Waals surface area (Å²) < 4.78 is 0. The molecule has 0 fully saturated rings. The highest BCUT2D eigenvalue weighted by Crippen LogP contribution is 2.19. The molecule has 0 aliphatic carbocycles. The van der Waals surface area contributed by atoms with Gasteiger partial charge in [-0.3, -0.25) is 4.99 Å². The summed E-state index contributed by atoms with van der Waals surface area (Å²) in [6, 6.07) is 14.7. The summed E-state index contributed by atoms with van der Waals surface area (Å²) in [6.07, 6.45) is 4.09. The van der Waals surface area contributed by atoms with Crippen molar-refractivity contribution >= 4 is 6.21 Å². The van der Waals surface area contributed by atoms with Crippen LogP contribution in [0.4, 0.5) is 0 Å². The number of aryl methyl sites for hydroxylation is 1. The first-order valence-electron chi connectivity index (χ1n) is 8.24. The predicted octanol–water partition coefficient (Wildman–Crippen LogP) is 4.12. The normalized spacial score (nSPS) is 12.0. The minimum atomic E-state index is -0.0785. The molecule has 0 aliphatic heterocycles. The number of hydrogen-bond donors (Lipinski definition) is 1. The Morgan fingerprint density at radius 3 is 2.65 bits per heavy atom. The van der Waals surface area contributed by atoms with Crippen LogP contribution in [0.5, 0.6) is 0 Å². The molecule has 3 nitrogen and oxygen atoms in total. The zero-order valence-electron chi connectivity index (χ0n) is 14.6. The topological polar surface area (TPSA) is 37.3 Å². The van der Waals surface area contributed by atoms with Crippen LogP contribution in [-0.4, -0.2) is 30.3 Å². The highest BCUT2D eigenvalue weighted by atomic mass is 14.8. The highest BCUT2D eigenvalue weighted by molar-refractivity contribution is 5.78. The summed E-state index contributed by atoms with van der Waals surface area (Å²) in [5.74, 6) is 0. The molecule has 0 saturated carbocycles. The van der Waals surface area contributed by atoms with Crippen LogP contribution in [0.1, 0.15) is 38.4 Å². The summed E-state index contributed by atoms with van der Waals surface area (Å²) >= 11 is 0. The summed E-state index contributed by atoms with van der Waals surface area (Å²) in [7, 11) is 1.99. The largest absolute Gasteiger partial charge is 0.320 e. The second-order valence-electron chi connectivity index (χ2n) is 6.78. The summed E-state index contributed by atoms with van der Waals surface area (Å²) in [4.78, 5) is 9.26. The highest BCUT2D eigenvalue weighted by Gasteiger charge is 2.06. The Morgan fingerprint density at radius 2 is 1.91 bits per heavy atom. The van der Waals surface area contributed by atoms with E-state index in [-0.39, 0.29) is 5.54 Å². The number of nitrogens with zero attached hydrogens (tertiary/aromatic N) is 2. The molecule has 1 aromatic heterocycles. The molecule has 0 spiro atoms. The fraction of sp³-hybridized carbons (Fsp3) is 0.400. The SMILES string of the molecule is CNCCCc1cccc(-c2cccc(C=NC(C)(C)C)n2)c1. The number of benzene rings is 1. The van der Waals surface area contributed by atoms with E-state index in [1.807, 2.05) is 25.4 Å². The second kappa shape index (κ2) is 8.02. The molecule has 1 heterocycles. The Labute approximate surface area is 139 Å². The number of aliphatic imine (C=N–C) groups is 1. The maximum absolute atomic E-state index is 4.72. The first-order valence-corrected chi connectivity index (χ1v) is 8.24. The maximum Gasteiger partial charge on any atom is 0.0815 e. The molecule has 122 valence electrons. The molecule has 0 aliphatic rings. The molecule has 1 aromatic carbocycles. The van der Waals surface area contributed by atoms with Crippen LogP contribution in [-0.2, 0) is 6.42 Å². The van der Waals surface area contributed by atoms with Crippen LogP contribution in [0.3, 0.4) is 0 Å². The maximum atomic E-state index is 4.72. The average molecular weight is 309 g/mol. The van der Waals surface area contributed by atoms with Crippen molar-refractivity contribution in [2.45, 2.75) is 39.2 Å². The molecular formula is C20H27N3. The Balaban J connectivity index is 2.18. The second-order valence-corrected chi connectivity index (χ2v) is 6.78. The molecule has 1 N–H and O–H groups in total. The van der Waals surface area contributed by atoms with Gasteiger partial charge in [-0.05, 0) is 71.0 Å². The zero-order valence-corrected chi connectivity index (χ0v) is 14.6. The van der Waals surface area contributed by atoms with Gasteiger partial charge in [0.25, 0.3) is 0 Å². The van der Waals surface area contributed by atoms with Gasteiger partial charge in [-0.1, -0.05) is 24.3 Å². The molecule has 23 heavy (non-hydrogen) atoms. The van der Waals surface area contributed by atoms with Crippen LogP contribution in [0.2, 0.25) is 0 Å². The van der Waals surface area contributed by atoms with Gasteiger partial charge >= 0.3 is 0 Å². The fourth-order valence-electron chi connectivity index (χ4n) is 2.30. The van der Waals surface area contributed by atoms with Crippen molar-refractivity contribution in [3.63, 3.8) is 0 Å². The van der Waals surface area contributed by atoms with Crippen LogP contribution >= 0.6 is 0 Å². The van der Waals surface area contributed by atoms with Gasteiger partial charge in [0, 0.05) is 11.8 Å². The van der Waals surface area contributed by atoms with Gasteiger partial charge in [-0.15, -0.1) is 0 Å². The molecule has 0 saturated heterocycles. The molecule has 0 radical (unpaired) electrons. The van der Waals surface area contributed by atoms with Crippen molar-refractivity contribution < 1.29 is 0 Å². The van der Waals surface area contributed by atoms with Gasteiger partial charge in [0.15, 0.2) is 0 Å². The lowest BCUT2D eigenvalue weighted by Crippen LogP contribution is -2.10. The Kier molecular flexibility index (Phi) is 6.05.